The highest BCUT2D eigenvalue weighted by molar-refractivity contribution is 5.96. The van der Waals surface area contributed by atoms with E-state index in [9.17, 15) is 14.4 Å². The summed E-state index contributed by atoms with van der Waals surface area (Å²) in [5, 5.41) is 2.67. The molecule has 0 spiro atoms. The molecule has 1 aliphatic heterocycles. The van der Waals surface area contributed by atoms with Gasteiger partial charge in [-0.25, -0.2) is 0 Å². The lowest BCUT2D eigenvalue weighted by Crippen LogP contribution is -2.35. The Morgan fingerprint density at radius 2 is 1.81 bits per heavy atom. The van der Waals surface area contributed by atoms with E-state index in [4.69, 9.17) is 14.2 Å². The molecular weight excluding hydrogens is 352 g/mol. The second-order valence-electron chi connectivity index (χ2n) is 6.68. The van der Waals surface area contributed by atoms with Crippen molar-refractivity contribution >= 4 is 23.5 Å². The first kappa shape index (κ1) is 20.5. The van der Waals surface area contributed by atoms with Crippen LogP contribution in [0.4, 0.5) is 5.69 Å². The van der Waals surface area contributed by atoms with Crippen molar-refractivity contribution in [3.8, 4) is 11.5 Å². The third-order valence-corrected chi connectivity index (χ3v) is 4.43. The number of anilines is 1. The van der Waals surface area contributed by atoms with Crippen molar-refractivity contribution in [2.24, 2.45) is 5.92 Å². The minimum atomic E-state index is -0.992. The van der Waals surface area contributed by atoms with E-state index in [-0.39, 0.29) is 18.4 Å². The number of nitrogens with zero attached hydrogens (tertiary/aromatic N) is 1. The Morgan fingerprint density at radius 3 is 2.37 bits per heavy atom. The molecule has 2 unspecified atom stereocenters. The molecule has 1 aliphatic rings. The fourth-order valence-electron chi connectivity index (χ4n) is 2.87. The summed E-state index contributed by atoms with van der Waals surface area (Å²) >= 11 is 0. The van der Waals surface area contributed by atoms with E-state index in [0.29, 0.717) is 23.7 Å². The summed E-state index contributed by atoms with van der Waals surface area (Å²) in [4.78, 5) is 38.2. The highest BCUT2D eigenvalue weighted by Gasteiger charge is 2.37. The normalized spacial score (nSPS) is 17.6. The number of benzene rings is 1. The summed E-state index contributed by atoms with van der Waals surface area (Å²) in [6.07, 6.45) is -0.880. The molecule has 2 amide bonds. The van der Waals surface area contributed by atoms with Crippen LogP contribution in [0, 0.1) is 5.92 Å². The Balaban J connectivity index is 1.94. The zero-order valence-electron chi connectivity index (χ0n) is 16.3. The van der Waals surface area contributed by atoms with Crippen LogP contribution >= 0.6 is 0 Å². The van der Waals surface area contributed by atoms with Gasteiger partial charge in [-0.3, -0.25) is 14.4 Å². The van der Waals surface area contributed by atoms with Crippen molar-refractivity contribution < 1.29 is 28.6 Å². The van der Waals surface area contributed by atoms with Crippen molar-refractivity contribution in [2.45, 2.75) is 39.3 Å². The van der Waals surface area contributed by atoms with Crippen LogP contribution in [0.2, 0.25) is 0 Å². The monoisotopic (exact) mass is 378 g/mol. The topological polar surface area (TPSA) is 94.2 Å². The van der Waals surface area contributed by atoms with Gasteiger partial charge in [0.05, 0.1) is 20.1 Å². The van der Waals surface area contributed by atoms with Gasteiger partial charge >= 0.3 is 5.97 Å². The Morgan fingerprint density at radius 1 is 1.15 bits per heavy atom. The molecule has 1 heterocycles. The van der Waals surface area contributed by atoms with Gasteiger partial charge in [0, 0.05) is 30.8 Å². The predicted molar refractivity (Wildman–Crippen MR) is 98.7 cm³/mol. The van der Waals surface area contributed by atoms with Gasteiger partial charge in [-0.1, -0.05) is 0 Å². The molecular formula is C19H26N2O6. The fraction of sp³-hybridized carbons (Fsp3) is 0.526. The average Bonchev–Trinajstić information content (AvgIpc) is 3.03. The second kappa shape index (κ2) is 8.75. The largest absolute Gasteiger partial charge is 0.493 e. The van der Waals surface area contributed by atoms with Crippen LogP contribution in [0.5, 0.6) is 11.5 Å². The van der Waals surface area contributed by atoms with E-state index in [0.717, 1.165) is 0 Å². The van der Waals surface area contributed by atoms with Gasteiger partial charge in [0.15, 0.2) is 17.6 Å². The minimum Gasteiger partial charge on any atom is -0.493 e. The first-order valence-corrected chi connectivity index (χ1v) is 8.79. The summed E-state index contributed by atoms with van der Waals surface area (Å²) in [7, 11) is 3.02. The molecule has 0 aromatic heterocycles. The molecule has 2 rings (SSSR count). The molecule has 27 heavy (non-hydrogen) atoms. The molecule has 1 N–H and O–H groups in total. The van der Waals surface area contributed by atoms with Gasteiger partial charge in [-0.05, 0) is 32.9 Å². The van der Waals surface area contributed by atoms with Crippen molar-refractivity contribution in [1.29, 1.82) is 0 Å². The number of carbonyl (C=O) groups excluding carboxylic acids is 3. The number of amides is 2. The van der Waals surface area contributed by atoms with Gasteiger partial charge in [0.1, 0.15) is 0 Å². The van der Waals surface area contributed by atoms with Crippen LogP contribution in [0.3, 0.4) is 0 Å². The highest BCUT2D eigenvalue weighted by atomic mass is 16.5. The number of hydrogen-bond donors (Lipinski definition) is 1. The lowest BCUT2D eigenvalue weighted by atomic mass is 10.1. The van der Waals surface area contributed by atoms with E-state index >= 15 is 0 Å². The zero-order valence-corrected chi connectivity index (χ0v) is 16.3. The molecule has 8 nitrogen and oxygen atoms in total. The van der Waals surface area contributed by atoms with Gasteiger partial charge in [-0.2, -0.15) is 0 Å². The zero-order chi connectivity index (χ0) is 20.1. The average molecular weight is 378 g/mol. The van der Waals surface area contributed by atoms with Crippen LogP contribution < -0.4 is 14.8 Å². The van der Waals surface area contributed by atoms with E-state index in [1.807, 2.05) is 13.8 Å². The summed E-state index contributed by atoms with van der Waals surface area (Å²) in [5.74, 6) is -0.624. The first-order valence-electron chi connectivity index (χ1n) is 8.79. The molecule has 0 bridgehead atoms. The Kier molecular flexibility index (Phi) is 6.65. The minimum absolute atomic E-state index is 0.0288. The van der Waals surface area contributed by atoms with Gasteiger partial charge < -0.3 is 24.4 Å². The maximum Gasteiger partial charge on any atom is 0.312 e. The SMILES string of the molecule is COc1ccc(NC(=O)C(C)OC(=O)C2CC(=O)N(C(C)C)C2)cc1OC. The summed E-state index contributed by atoms with van der Waals surface area (Å²) in [6, 6.07) is 4.96. The number of rotatable bonds is 7. The standard InChI is InChI=1S/C19H26N2O6/c1-11(2)21-10-13(8-17(21)22)19(24)27-12(3)18(23)20-14-6-7-15(25-4)16(9-14)26-5/h6-7,9,11-13H,8,10H2,1-5H3,(H,20,23). The predicted octanol–water partition coefficient (Wildman–Crippen LogP) is 1.83. The van der Waals surface area contributed by atoms with E-state index in [1.54, 1.807) is 23.1 Å². The smallest absolute Gasteiger partial charge is 0.312 e. The molecule has 1 aromatic carbocycles. The Bertz CT molecular complexity index is 718. The first-order chi connectivity index (χ1) is 12.8. The number of nitrogens with one attached hydrogen (secondary N) is 1. The Labute approximate surface area is 158 Å². The number of likely N-dealkylation sites (tertiary alicyclic amines) is 1. The van der Waals surface area contributed by atoms with Gasteiger partial charge in [-0.15, -0.1) is 0 Å². The van der Waals surface area contributed by atoms with Crippen molar-refractivity contribution in [1.82, 2.24) is 4.90 Å². The van der Waals surface area contributed by atoms with Crippen LogP contribution in [0.15, 0.2) is 18.2 Å². The summed E-state index contributed by atoms with van der Waals surface area (Å²) in [5.41, 5.74) is 0.488. The summed E-state index contributed by atoms with van der Waals surface area (Å²) < 4.78 is 15.6. The van der Waals surface area contributed by atoms with Gasteiger partial charge in [0.25, 0.3) is 5.91 Å². The van der Waals surface area contributed by atoms with Crippen molar-refractivity contribution in [2.75, 3.05) is 26.1 Å². The molecule has 0 saturated carbocycles. The van der Waals surface area contributed by atoms with Crippen molar-refractivity contribution in [3.63, 3.8) is 0 Å². The molecule has 0 aliphatic carbocycles. The number of carbonyl (C=O) groups is 3. The van der Waals surface area contributed by atoms with E-state index < -0.39 is 23.9 Å². The van der Waals surface area contributed by atoms with Crippen molar-refractivity contribution in [3.05, 3.63) is 18.2 Å². The number of esters is 1. The molecule has 1 saturated heterocycles. The molecule has 0 radical (unpaired) electrons. The van der Waals surface area contributed by atoms with E-state index in [2.05, 4.69) is 5.32 Å². The molecule has 2 atom stereocenters. The fourth-order valence-corrected chi connectivity index (χ4v) is 2.87. The molecule has 1 fully saturated rings. The summed E-state index contributed by atoms with van der Waals surface area (Å²) in [6.45, 7) is 5.60. The lowest BCUT2D eigenvalue weighted by molar-refractivity contribution is -0.157. The lowest BCUT2D eigenvalue weighted by Gasteiger charge is -2.21. The van der Waals surface area contributed by atoms with E-state index in [1.165, 1.54) is 21.1 Å². The number of methoxy groups -OCH3 is 2. The number of ether oxygens (including phenoxy) is 3. The Hall–Kier alpha value is -2.77. The third kappa shape index (κ3) is 4.90. The third-order valence-electron chi connectivity index (χ3n) is 4.43. The maximum atomic E-state index is 12.3. The van der Waals surface area contributed by atoms with Crippen LogP contribution in [0.1, 0.15) is 27.2 Å². The quantitative estimate of drug-likeness (QED) is 0.728. The molecule has 1 aromatic rings. The number of hydrogen-bond acceptors (Lipinski definition) is 6. The van der Waals surface area contributed by atoms with Crippen LogP contribution in [0.25, 0.3) is 0 Å². The highest BCUT2D eigenvalue weighted by Crippen LogP contribution is 2.30. The second-order valence-corrected chi connectivity index (χ2v) is 6.68. The van der Waals surface area contributed by atoms with Gasteiger partial charge in [0.2, 0.25) is 5.91 Å². The molecule has 148 valence electrons. The van der Waals surface area contributed by atoms with Crippen LogP contribution in [-0.4, -0.2) is 55.6 Å². The maximum absolute atomic E-state index is 12.3. The van der Waals surface area contributed by atoms with Crippen LogP contribution in [-0.2, 0) is 19.1 Å². The molecule has 8 heteroatoms.